The van der Waals surface area contributed by atoms with Gasteiger partial charge in [0.1, 0.15) is 12.4 Å². The fourth-order valence-electron chi connectivity index (χ4n) is 1.28. The number of aryl methyl sites for hydroxylation is 1. The molecule has 0 saturated carbocycles. The monoisotopic (exact) mass is 313 g/mol. The average molecular weight is 314 g/mol. The van der Waals surface area contributed by atoms with E-state index < -0.39 is 0 Å². The molecule has 0 aliphatic rings. The molecule has 0 spiro atoms. The highest BCUT2D eigenvalue weighted by Crippen LogP contribution is 2.27. The molecule has 1 aromatic heterocycles. The van der Waals surface area contributed by atoms with Gasteiger partial charge in [-0.05, 0) is 40.5 Å². The number of anilines is 1. The van der Waals surface area contributed by atoms with Crippen molar-refractivity contribution in [1.29, 1.82) is 0 Å². The predicted octanol–water partition coefficient (Wildman–Crippen LogP) is 3.23. The molecule has 0 saturated heterocycles. The molecule has 2 aromatic rings. The first-order valence-electron chi connectivity index (χ1n) is 5.08. The Kier molecular flexibility index (Phi) is 3.96. The normalized spacial score (nSPS) is 10.3. The predicted molar refractivity (Wildman–Crippen MR) is 72.7 cm³/mol. The average Bonchev–Trinajstić information content (AvgIpc) is 2.76. The molecule has 0 radical (unpaired) electrons. The molecular weight excluding hydrogens is 302 g/mol. The van der Waals surface area contributed by atoms with Crippen LogP contribution in [0.25, 0.3) is 0 Å². The summed E-state index contributed by atoms with van der Waals surface area (Å²) < 4.78 is 6.62. The van der Waals surface area contributed by atoms with Crippen molar-refractivity contribution in [1.82, 2.24) is 10.2 Å². The van der Waals surface area contributed by atoms with Crippen molar-refractivity contribution >= 4 is 32.4 Å². The van der Waals surface area contributed by atoms with Crippen LogP contribution in [-0.4, -0.2) is 17.2 Å². The first-order chi connectivity index (χ1) is 8.19. The van der Waals surface area contributed by atoms with Crippen LogP contribution in [0, 0.1) is 6.92 Å². The number of benzene rings is 1. The van der Waals surface area contributed by atoms with Gasteiger partial charge in [-0.15, -0.1) is 10.2 Å². The van der Waals surface area contributed by atoms with Crippen LogP contribution in [-0.2, 0) is 6.61 Å². The maximum absolute atomic E-state index is 5.67. The lowest BCUT2D eigenvalue weighted by Gasteiger charge is -2.06. The number of nitrogens with one attached hydrogen (secondary N) is 1. The van der Waals surface area contributed by atoms with E-state index in [-0.39, 0.29) is 0 Å². The van der Waals surface area contributed by atoms with Gasteiger partial charge in [-0.2, -0.15) is 0 Å². The van der Waals surface area contributed by atoms with Crippen LogP contribution in [0.4, 0.5) is 5.13 Å². The van der Waals surface area contributed by atoms with E-state index in [1.807, 2.05) is 32.2 Å². The molecule has 0 aliphatic heterocycles. The van der Waals surface area contributed by atoms with Crippen molar-refractivity contribution in [3.05, 3.63) is 33.2 Å². The number of rotatable bonds is 4. The lowest BCUT2D eigenvalue weighted by molar-refractivity contribution is 0.302. The van der Waals surface area contributed by atoms with Gasteiger partial charge in [-0.25, -0.2) is 0 Å². The van der Waals surface area contributed by atoms with Crippen molar-refractivity contribution in [2.45, 2.75) is 13.5 Å². The number of hydrogen-bond donors (Lipinski definition) is 1. The summed E-state index contributed by atoms with van der Waals surface area (Å²) in [5, 5.41) is 12.6. The van der Waals surface area contributed by atoms with Gasteiger partial charge in [0.2, 0.25) is 5.13 Å². The lowest BCUT2D eigenvalue weighted by Crippen LogP contribution is -1.95. The van der Waals surface area contributed by atoms with Crippen LogP contribution < -0.4 is 10.1 Å². The highest BCUT2D eigenvalue weighted by atomic mass is 79.9. The van der Waals surface area contributed by atoms with Gasteiger partial charge in [-0.3, -0.25) is 0 Å². The van der Waals surface area contributed by atoms with E-state index in [0.29, 0.717) is 6.61 Å². The van der Waals surface area contributed by atoms with Crippen molar-refractivity contribution < 1.29 is 4.74 Å². The minimum Gasteiger partial charge on any atom is -0.485 e. The molecule has 1 N–H and O–H groups in total. The zero-order chi connectivity index (χ0) is 12.3. The molecule has 0 amide bonds. The maximum atomic E-state index is 5.67. The minimum atomic E-state index is 0.432. The fraction of sp³-hybridized carbons (Fsp3) is 0.273. The number of aromatic nitrogens is 2. The number of halogens is 1. The smallest absolute Gasteiger partial charge is 0.205 e. The Labute approximate surface area is 112 Å². The Bertz CT molecular complexity index is 515. The Hall–Kier alpha value is -1.14. The molecule has 0 bridgehead atoms. The van der Waals surface area contributed by atoms with Crippen molar-refractivity contribution in [3.63, 3.8) is 0 Å². The van der Waals surface area contributed by atoms with E-state index in [1.54, 1.807) is 0 Å². The summed E-state index contributed by atoms with van der Waals surface area (Å²) in [4.78, 5) is 0. The molecule has 0 unspecified atom stereocenters. The van der Waals surface area contributed by atoms with E-state index in [1.165, 1.54) is 16.9 Å². The van der Waals surface area contributed by atoms with E-state index in [2.05, 4.69) is 31.4 Å². The van der Waals surface area contributed by atoms with Gasteiger partial charge < -0.3 is 10.1 Å². The molecule has 4 nitrogen and oxygen atoms in total. The first kappa shape index (κ1) is 12.3. The second kappa shape index (κ2) is 5.46. The number of ether oxygens (including phenoxy) is 1. The molecule has 90 valence electrons. The van der Waals surface area contributed by atoms with Crippen LogP contribution in [0.1, 0.15) is 10.6 Å². The highest BCUT2D eigenvalue weighted by Gasteiger charge is 2.05. The van der Waals surface area contributed by atoms with Gasteiger partial charge in [0.15, 0.2) is 5.01 Å². The molecule has 2 rings (SSSR count). The maximum Gasteiger partial charge on any atom is 0.205 e. The summed E-state index contributed by atoms with van der Waals surface area (Å²) >= 11 is 4.96. The summed E-state index contributed by atoms with van der Waals surface area (Å²) in [6.07, 6.45) is 0. The van der Waals surface area contributed by atoms with Crippen molar-refractivity contribution in [2.24, 2.45) is 0 Å². The zero-order valence-corrected chi connectivity index (χ0v) is 11.9. The number of nitrogens with zero attached hydrogens (tertiary/aromatic N) is 2. The highest BCUT2D eigenvalue weighted by molar-refractivity contribution is 9.10. The Morgan fingerprint density at radius 2 is 2.24 bits per heavy atom. The topological polar surface area (TPSA) is 47.0 Å². The molecule has 1 aromatic carbocycles. The van der Waals surface area contributed by atoms with Crippen LogP contribution in [0.5, 0.6) is 5.75 Å². The van der Waals surface area contributed by atoms with Gasteiger partial charge in [-0.1, -0.05) is 17.4 Å². The first-order valence-corrected chi connectivity index (χ1v) is 6.69. The minimum absolute atomic E-state index is 0.432. The summed E-state index contributed by atoms with van der Waals surface area (Å²) in [7, 11) is 1.82. The molecule has 0 fully saturated rings. The second-order valence-corrected chi connectivity index (χ2v) is 5.39. The molecule has 6 heteroatoms. The third-order valence-corrected chi connectivity index (χ3v) is 3.65. The van der Waals surface area contributed by atoms with Crippen LogP contribution >= 0.6 is 27.3 Å². The largest absolute Gasteiger partial charge is 0.485 e. The lowest BCUT2D eigenvalue weighted by atomic mass is 10.2. The molecule has 0 atom stereocenters. The van der Waals surface area contributed by atoms with Gasteiger partial charge in [0.05, 0.1) is 4.47 Å². The summed E-state index contributed by atoms with van der Waals surface area (Å²) in [6, 6.07) is 5.98. The van der Waals surface area contributed by atoms with Crippen molar-refractivity contribution in [3.8, 4) is 5.75 Å². The fourth-order valence-corrected chi connectivity index (χ4v) is 2.49. The van der Waals surface area contributed by atoms with Gasteiger partial charge in [0.25, 0.3) is 0 Å². The van der Waals surface area contributed by atoms with Crippen LogP contribution in [0.3, 0.4) is 0 Å². The molecule has 0 aliphatic carbocycles. The second-order valence-electron chi connectivity index (χ2n) is 3.47. The SMILES string of the molecule is CNc1nnc(COc2ccc(C)cc2Br)s1. The van der Waals surface area contributed by atoms with Gasteiger partial charge >= 0.3 is 0 Å². The summed E-state index contributed by atoms with van der Waals surface area (Å²) in [5.41, 5.74) is 1.19. The summed E-state index contributed by atoms with van der Waals surface area (Å²) in [5.74, 6) is 0.816. The Morgan fingerprint density at radius 3 is 2.88 bits per heavy atom. The van der Waals surface area contributed by atoms with E-state index >= 15 is 0 Å². The van der Waals surface area contributed by atoms with Crippen LogP contribution in [0.2, 0.25) is 0 Å². The third-order valence-electron chi connectivity index (χ3n) is 2.12. The summed E-state index contributed by atoms with van der Waals surface area (Å²) in [6.45, 7) is 2.47. The molecule has 1 heterocycles. The van der Waals surface area contributed by atoms with Crippen LogP contribution in [0.15, 0.2) is 22.7 Å². The quantitative estimate of drug-likeness (QED) is 0.941. The molecular formula is C11H12BrN3OS. The van der Waals surface area contributed by atoms with E-state index in [0.717, 1.165) is 20.4 Å². The molecule has 17 heavy (non-hydrogen) atoms. The van der Waals surface area contributed by atoms with E-state index in [9.17, 15) is 0 Å². The Balaban J connectivity index is 2.02. The number of hydrogen-bond acceptors (Lipinski definition) is 5. The van der Waals surface area contributed by atoms with Crippen molar-refractivity contribution in [2.75, 3.05) is 12.4 Å². The third kappa shape index (κ3) is 3.17. The standard InChI is InChI=1S/C11H12BrN3OS/c1-7-3-4-9(8(12)5-7)16-6-10-14-15-11(13-2)17-10/h3-5H,6H2,1-2H3,(H,13,15). The van der Waals surface area contributed by atoms with E-state index in [4.69, 9.17) is 4.74 Å². The Morgan fingerprint density at radius 1 is 1.41 bits per heavy atom. The van der Waals surface area contributed by atoms with Gasteiger partial charge in [0, 0.05) is 7.05 Å². The zero-order valence-electron chi connectivity index (χ0n) is 9.53.